The summed E-state index contributed by atoms with van der Waals surface area (Å²) in [6, 6.07) is 0. The first-order valence-corrected chi connectivity index (χ1v) is 4.11. The fourth-order valence-electron chi connectivity index (χ4n) is 1.58. The minimum Gasteiger partial charge on any atom is -0.0842 e. The highest BCUT2D eigenvalue weighted by atomic mass is 14.2. The number of allylic oxidation sites excluding steroid dienone is 4. The molecule has 0 saturated carbocycles. The molecule has 0 saturated heterocycles. The summed E-state index contributed by atoms with van der Waals surface area (Å²) >= 11 is 0. The Bertz CT molecular complexity index is 170. The molecule has 1 aliphatic carbocycles. The van der Waals surface area contributed by atoms with Crippen molar-refractivity contribution in [3.8, 4) is 0 Å². The maximum Gasteiger partial charge on any atom is -0.0219 e. The average molecular weight is 136 g/mol. The van der Waals surface area contributed by atoms with Crippen LogP contribution in [0.4, 0.5) is 0 Å². The molecule has 0 amide bonds. The standard InChI is InChI=1S/C10H16/c1-4-9-6-5-7-10(9)8(2)3/h4,7-8H,5-6H2,1-3H3/b9-4-. The van der Waals surface area contributed by atoms with Gasteiger partial charge in [0.25, 0.3) is 0 Å². The van der Waals surface area contributed by atoms with E-state index in [2.05, 4.69) is 32.9 Å². The summed E-state index contributed by atoms with van der Waals surface area (Å²) in [5.74, 6) is 0.716. The van der Waals surface area contributed by atoms with Crippen molar-refractivity contribution in [1.82, 2.24) is 0 Å². The van der Waals surface area contributed by atoms with Crippen LogP contribution in [-0.2, 0) is 0 Å². The zero-order chi connectivity index (χ0) is 7.56. The highest BCUT2D eigenvalue weighted by Gasteiger charge is 2.12. The van der Waals surface area contributed by atoms with Gasteiger partial charge in [0.05, 0.1) is 0 Å². The summed E-state index contributed by atoms with van der Waals surface area (Å²) in [5.41, 5.74) is 3.14. The van der Waals surface area contributed by atoms with E-state index in [1.807, 2.05) is 0 Å². The molecule has 0 N–H and O–H groups in total. The maximum absolute atomic E-state index is 2.38. The molecule has 0 aromatic heterocycles. The van der Waals surface area contributed by atoms with Gasteiger partial charge in [-0.2, -0.15) is 0 Å². The van der Waals surface area contributed by atoms with E-state index in [-0.39, 0.29) is 0 Å². The van der Waals surface area contributed by atoms with E-state index >= 15 is 0 Å². The quantitative estimate of drug-likeness (QED) is 0.518. The molecular weight excluding hydrogens is 120 g/mol. The second-order valence-electron chi connectivity index (χ2n) is 3.17. The zero-order valence-corrected chi connectivity index (χ0v) is 7.15. The molecule has 0 radical (unpaired) electrons. The smallest absolute Gasteiger partial charge is 0.0219 e. The second-order valence-corrected chi connectivity index (χ2v) is 3.17. The molecule has 0 heterocycles. The molecule has 0 nitrogen and oxygen atoms in total. The average Bonchev–Trinajstić information content (AvgIpc) is 2.33. The van der Waals surface area contributed by atoms with Crippen LogP contribution >= 0.6 is 0 Å². The highest BCUT2D eigenvalue weighted by molar-refractivity contribution is 5.36. The lowest BCUT2D eigenvalue weighted by Gasteiger charge is -2.07. The Morgan fingerprint density at radius 3 is 2.60 bits per heavy atom. The molecule has 0 aromatic carbocycles. The van der Waals surface area contributed by atoms with Gasteiger partial charge in [0.1, 0.15) is 0 Å². The largest absolute Gasteiger partial charge is 0.0842 e. The molecule has 0 fully saturated rings. The van der Waals surface area contributed by atoms with E-state index in [1.165, 1.54) is 12.8 Å². The minimum atomic E-state index is 0.716. The van der Waals surface area contributed by atoms with E-state index in [9.17, 15) is 0 Å². The molecule has 1 rings (SSSR count). The fourth-order valence-corrected chi connectivity index (χ4v) is 1.58. The van der Waals surface area contributed by atoms with Crippen molar-refractivity contribution in [3.05, 3.63) is 23.3 Å². The molecule has 0 bridgehead atoms. The molecular formula is C10H16. The predicted octanol–water partition coefficient (Wildman–Crippen LogP) is 3.31. The Labute approximate surface area is 63.6 Å². The van der Waals surface area contributed by atoms with Crippen LogP contribution in [0.15, 0.2) is 23.3 Å². The maximum atomic E-state index is 2.38. The Morgan fingerprint density at radius 2 is 2.20 bits per heavy atom. The van der Waals surface area contributed by atoms with Gasteiger partial charge in [-0.25, -0.2) is 0 Å². The summed E-state index contributed by atoms with van der Waals surface area (Å²) in [6.45, 7) is 6.66. The number of hydrogen-bond acceptors (Lipinski definition) is 0. The molecule has 0 atom stereocenters. The van der Waals surface area contributed by atoms with E-state index < -0.39 is 0 Å². The van der Waals surface area contributed by atoms with Crippen LogP contribution in [0, 0.1) is 5.92 Å². The van der Waals surface area contributed by atoms with E-state index in [0.717, 1.165) is 0 Å². The van der Waals surface area contributed by atoms with E-state index in [0.29, 0.717) is 5.92 Å². The second kappa shape index (κ2) is 3.05. The third-order valence-corrected chi connectivity index (χ3v) is 2.12. The molecule has 0 aromatic rings. The Balaban J connectivity index is 2.75. The third-order valence-electron chi connectivity index (χ3n) is 2.12. The zero-order valence-electron chi connectivity index (χ0n) is 7.15. The fraction of sp³-hybridized carbons (Fsp3) is 0.600. The Hall–Kier alpha value is -0.520. The van der Waals surface area contributed by atoms with Gasteiger partial charge in [-0.3, -0.25) is 0 Å². The summed E-state index contributed by atoms with van der Waals surface area (Å²) in [6.07, 6.45) is 7.15. The van der Waals surface area contributed by atoms with Gasteiger partial charge in [0.15, 0.2) is 0 Å². The van der Waals surface area contributed by atoms with Crippen molar-refractivity contribution < 1.29 is 0 Å². The molecule has 0 spiro atoms. The first kappa shape index (κ1) is 7.59. The van der Waals surface area contributed by atoms with E-state index in [4.69, 9.17) is 0 Å². The molecule has 1 aliphatic rings. The summed E-state index contributed by atoms with van der Waals surface area (Å²) in [4.78, 5) is 0. The van der Waals surface area contributed by atoms with Gasteiger partial charge in [0.2, 0.25) is 0 Å². The van der Waals surface area contributed by atoms with Crippen molar-refractivity contribution in [1.29, 1.82) is 0 Å². The van der Waals surface area contributed by atoms with Gasteiger partial charge in [0, 0.05) is 0 Å². The predicted molar refractivity (Wildman–Crippen MR) is 45.9 cm³/mol. The lowest BCUT2D eigenvalue weighted by atomic mass is 9.98. The van der Waals surface area contributed by atoms with Crippen LogP contribution < -0.4 is 0 Å². The van der Waals surface area contributed by atoms with Crippen LogP contribution in [0.25, 0.3) is 0 Å². The monoisotopic (exact) mass is 136 g/mol. The van der Waals surface area contributed by atoms with Crippen LogP contribution in [0.2, 0.25) is 0 Å². The molecule has 56 valence electrons. The Kier molecular flexibility index (Phi) is 2.31. The summed E-state index contributed by atoms with van der Waals surface area (Å²) in [7, 11) is 0. The van der Waals surface area contributed by atoms with Crippen molar-refractivity contribution >= 4 is 0 Å². The summed E-state index contributed by atoms with van der Waals surface area (Å²) in [5, 5.41) is 0. The van der Waals surface area contributed by atoms with Gasteiger partial charge < -0.3 is 0 Å². The van der Waals surface area contributed by atoms with Crippen LogP contribution in [-0.4, -0.2) is 0 Å². The lowest BCUT2D eigenvalue weighted by Crippen LogP contribution is -1.92. The van der Waals surface area contributed by atoms with Crippen LogP contribution in [0.5, 0.6) is 0 Å². The SMILES string of the molecule is C/C=C1/CCC=C1C(C)C. The summed E-state index contributed by atoms with van der Waals surface area (Å²) < 4.78 is 0. The first-order chi connectivity index (χ1) is 4.75. The lowest BCUT2D eigenvalue weighted by molar-refractivity contribution is 0.780. The highest BCUT2D eigenvalue weighted by Crippen LogP contribution is 2.29. The van der Waals surface area contributed by atoms with Gasteiger partial charge in [-0.1, -0.05) is 26.0 Å². The van der Waals surface area contributed by atoms with Gasteiger partial charge >= 0.3 is 0 Å². The van der Waals surface area contributed by atoms with Crippen LogP contribution in [0.1, 0.15) is 33.6 Å². The number of hydrogen-bond donors (Lipinski definition) is 0. The van der Waals surface area contributed by atoms with Crippen molar-refractivity contribution in [2.24, 2.45) is 5.92 Å². The third kappa shape index (κ3) is 1.31. The van der Waals surface area contributed by atoms with Gasteiger partial charge in [-0.15, -0.1) is 0 Å². The Morgan fingerprint density at radius 1 is 1.50 bits per heavy atom. The van der Waals surface area contributed by atoms with Crippen molar-refractivity contribution in [2.75, 3.05) is 0 Å². The van der Waals surface area contributed by atoms with Crippen molar-refractivity contribution in [2.45, 2.75) is 33.6 Å². The number of rotatable bonds is 1. The molecule has 0 unspecified atom stereocenters. The first-order valence-electron chi connectivity index (χ1n) is 4.11. The molecule has 10 heavy (non-hydrogen) atoms. The van der Waals surface area contributed by atoms with Crippen LogP contribution in [0.3, 0.4) is 0 Å². The topological polar surface area (TPSA) is 0 Å². The van der Waals surface area contributed by atoms with Gasteiger partial charge in [-0.05, 0) is 36.8 Å². The van der Waals surface area contributed by atoms with E-state index in [1.54, 1.807) is 11.1 Å². The minimum absolute atomic E-state index is 0.716. The normalized spacial score (nSPS) is 22.4. The van der Waals surface area contributed by atoms with Crippen molar-refractivity contribution in [3.63, 3.8) is 0 Å². The molecule has 0 aliphatic heterocycles. The molecule has 0 heteroatoms.